The number of rotatable bonds is 4. The molecular weight excluding hydrogens is 383 g/mol. The van der Waals surface area contributed by atoms with E-state index in [4.69, 9.17) is 9.15 Å². The van der Waals surface area contributed by atoms with Gasteiger partial charge in [-0.1, -0.05) is 0 Å². The Kier molecular flexibility index (Phi) is 5.00. The second-order valence-electron chi connectivity index (χ2n) is 4.42. The number of amides is 1. The molecule has 0 atom stereocenters. The van der Waals surface area contributed by atoms with E-state index in [9.17, 15) is 4.79 Å². The molecule has 0 radical (unpaired) electrons. The maximum Gasteiger partial charge on any atom is 0.271 e. The summed E-state index contributed by atoms with van der Waals surface area (Å²) in [5, 5.41) is 3.94. The summed E-state index contributed by atoms with van der Waals surface area (Å²) in [5.74, 6) is 1.94. The molecule has 6 heteroatoms. The first-order valence-electron chi connectivity index (χ1n) is 6.25. The van der Waals surface area contributed by atoms with Crippen LogP contribution >= 0.6 is 22.6 Å². The predicted molar refractivity (Wildman–Crippen MR) is 89.0 cm³/mol. The van der Waals surface area contributed by atoms with E-state index in [0.717, 1.165) is 20.7 Å². The van der Waals surface area contributed by atoms with Gasteiger partial charge in [0.15, 0.2) is 0 Å². The smallest absolute Gasteiger partial charge is 0.271 e. The molecule has 1 N–H and O–H groups in total. The first-order chi connectivity index (χ1) is 10.0. The van der Waals surface area contributed by atoms with Gasteiger partial charge in [-0.15, -0.1) is 0 Å². The summed E-state index contributed by atoms with van der Waals surface area (Å²) in [4.78, 5) is 12.0. The highest BCUT2D eigenvalue weighted by molar-refractivity contribution is 14.1. The van der Waals surface area contributed by atoms with E-state index in [2.05, 4.69) is 33.1 Å². The molecule has 0 saturated heterocycles. The molecule has 2 rings (SSSR count). The highest BCUT2D eigenvalue weighted by Crippen LogP contribution is 2.21. The van der Waals surface area contributed by atoms with Gasteiger partial charge in [-0.05, 0) is 60.7 Å². The summed E-state index contributed by atoms with van der Waals surface area (Å²) < 4.78 is 11.5. The van der Waals surface area contributed by atoms with Crippen molar-refractivity contribution in [2.75, 3.05) is 7.11 Å². The molecule has 0 fully saturated rings. The van der Waals surface area contributed by atoms with Gasteiger partial charge in [0.2, 0.25) is 0 Å². The fourth-order valence-corrected chi connectivity index (χ4v) is 2.36. The molecule has 2 aromatic rings. The normalized spacial score (nSPS) is 10.9. The van der Waals surface area contributed by atoms with Crippen LogP contribution in [0.1, 0.15) is 27.4 Å². The highest BCUT2D eigenvalue weighted by Gasteiger charge is 2.08. The summed E-state index contributed by atoms with van der Waals surface area (Å²) in [6.07, 6.45) is 1.56. The van der Waals surface area contributed by atoms with Gasteiger partial charge in [-0.25, -0.2) is 5.43 Å². The lowest BCUT2D eigenvalue weighted by Crippen LogP contribution is -2.17. The van der Waals surface area contributed by atoms with Gasteiger partial charge in [0.05, 0.1) is 16.9 Å². The minimum absolute atomic E-state index is 0.293. The number of methoxy groups -OCH3 is 1. The first-order valence-corrected chi connectivity index (χ1v) is 7.33. The van der Waals surface area contributed by atoms with Crippen LogP contribution in [0.2, 0.25) is 0 Å². The number of halogens is 1. The summed E-state index contributed by atoms with van der Waals surface area (Å²) in [6, 6.07) is 7.09. The number of furan rings is 1. The number of carbonyl (C=O) groups is 1. The molecule has 0 saturated carbocycles. The van der Waals surface area contributed by atoms with Crippen LogP contribution < -0.4 is 10.2 Å². The van der Waals surface area contributed by atoms with E-state index in [-0.39, 0.29) is 5.91 Å². The number of carbonyl (C=O) groups excluding carboxylic acids is 1. The topological polar surface area (TPSA) is 63.8 Å². The standard InChI is InChI=1S/C15H15IN2O3/c1-9-6-12(10(2)21-9)8-17-18-15(19)11-4-5-13(16)14(7-11)20-3/h4-8H,1-3H3,(H,18,19)/b17-8-. The molecule has 1 heterocycles. The molecule has 1 aromatic carbocycles. The average molecular weight is 398 g/mol. The summed E-state index contributed by atoms with van der Waals surface area (Å²) >= 11 is 2.15. The molecule has 1 aromatic heterocycles. The Balaban J connectivity index is 2.06. The Hall–Kier alpha value is -1.83. The number of hydrogen-bond donors (Lipinski definition) is 1. The zero-order valence-electron chi connectivity index (χ0n) is 11.9. The van der Waals surface area contributed by atoms with Crippen molar-refractivity contribution in [1.29, 1.82) is 0 Å². The first kappa shape index (κ1) is 15.6. The molecule has 110 valence electrons. The Morgan fingerprint density at radius 2 is 2.14 bits per heavy atom. The summed E-state index contributed by atoms with van der Waals surface area (Å²) in [5.41, 5.74) is 3.82. The number of hydrazone groups is 1. The van der Waals surface area contributed by atoms with Gasteiger partial charge in [0.1, 0.15) is 17.3 Å². The third-order valence-corrected chi connectivity index (χ3v) is 3.75. The molecule has 0 spiro atoms. The Morgan fingerprint density at radius 1 is 1.38 bits per heavy atom. The minimum Gasteiger partial charge on any atom is -0.496 e. The van der Waals surface area contributed by atoms with Crippen molar-refractivity contribution in [3.63, 3.8) is 0 Å². The number of aryl methyl sites for hydroxylation is 2. The van der Waals surface area contributed by atoms with Gasteiger partial charge in [0, 0.05) is 11.1 Å². The van der Waals surface area contributed by atoms with Crippen LogP contribution in [0.5, 0.6) is 5.75 Å². The Morgan fingerprint density at radius 3 is 2.76 bits per heavy atom. The molecule has 5 nitrogen and oxygen atoms in total. The summed E-state index contributed by atoms with van der Waals surface area (Å²) in [7, 11) is 1.57. The molecule has 0 aliphatic rings. The van der Waals surface area contributed by atoms with Crippen molar-refractivity contribution >= 4 is 34.7 Å². The zero-order chi connectivity index (χ0) is 15.4. The third-order valence-electron chi connectivity index (χ3n) is 2.86. The molecule has 0 bridgehead atoms. The number of nitrogens with one attached hydrogen (secondary N) is 1. The van der Waals surface area contributed by atoms with Crippen molar-refractivity contribution in [2.45, 2.75) is 13.8 Å². The maximum absolute atomic E-state index is 12.0. The van der Waals surface area contributed by atoms with Gasteiger partial charge < -0.3 is 9.15 Å². The van der Waals surface area contributed by atoms with Crippen molar-refractivity contribution in [1.82, 2.24) is 5.43 Å². The predicted octanol–water partition coefficient (Wildman–Crippen LogP) is 3.27. The number of nitrogens with zero attached hydrogens (tertiary/aromatic N) is 1. The van der Waals surface area contributed by atoms with Gasteiger partial charge >= 0.3 is 0 Å². The van der Waals surface area contributed by atoms with Crippen molar-refractivity contribution in [3.05, 3.63) is 50.5 Å². The fraction of sp³-hybridized carbons (Fsp3) is 0.200. The zero-order valence-corrected chi connectivity index (χ0v) is 14.1. The second-order valence-corrected chi connectivity index (χ2v) is 5.58. The quantitative estimate of drug-likeness (QED) is 0.489. The average Bonchev–Trinajstić information content (AvgIpc) is 2.77. The van der Waals surface area contributed by atoms with Gasteiger partial charge in [-0.3, -0.25) is 4.79 Å². The van der Waals surface area contributed by atoms with Gasteiger partial charge in [-0.2, -0.15) is 5.10 Å². The molecule has 21 heavy (non-hydrogen) atoms. The SMILES string of the molecule is COc1cc(C(=O)N/N=C\c2cc(C)oc2C)ccc1I. The van der Waals surface area contributed by atoms with Crippen LogP contribution in [-0.2, 0) is 0 Å². The van der Waals surface area contributed by atoms with E-state index in [1.165, 1.54) is 0 Å². The van der Waals surface area contributed by atoms with Crippen molar-refractivity contribution in [3.8, 4) is 5.75 Å². The van der Waals surface area contributed by atoms with Crippen LogP contribution in [0, 0.1) is 17.4 Å². The van der Waals surface area contributed by atoms with Crippen molar-refractivity contribution < 1.29 is 13.9 Å². The Labute approximate surface area is 136 Å². The van der Waals surface area contributed by atoms with Crippen LogP contribution in [0.15, 0.2) is 33.8 Å². The Bertz CT molecular complexity index is 692. The van der Waals surface area contributed by atoms with E-state index in [0.29, 0.717) is 11.3 Å². The minimum atomic E-state index is -0.293. The summed E-state index contributed by atoms with van der Waals surface area (Å²) in [6.45, 7) is 3.71. The van der Waals surface area contributed by atoms with Gasteiger partial charge in [0.25, 0.3) is 5.91 Å². The lowest BCUT2D eigenvalue weighted by atomic mass is 10.2. The second kappa shape index (κ2) is 6.75. The van der Waals surface area contributed by atoms with E-state index in [1.807, 2.05) is 26.0 Å². The number of ether oxygens (including phenoxy) is 1. The third kappa shape index (κ3) is 3.84. The number of hydrogen-bond acceptors (Lipinski definition) is 4. The molecule has 0 aliphatic carbocycles. The lowest BCUT2D eigenvalue weighted by molar-refractivity contribution is 0.0954. The molecule has 1 amide bonds. The molecular formula is C15H15IN2O3. The largest absolute Gasteiger partial charge is 0.496 e. The highest BCUT2D eigenvalue weighted by atomic mass is 127. The molecule has 0 aliphatic heterocycles. The van der Waals surface area contributed by atoms with Crippen molar-refractivity contribution in [2.24, 2.45) is 5.10 Å². The lowest BCUT2D eigenvalue weighted by Gasteiger charge is -2.05. The monoisotopic (exact) mass is 398 g/mol. The van der Waals surface area contributed by atoms with E-state index < -0.39 is 0 Å². The fourth-order valence-electron chi connectivity index (χ4n) is 1.80. The van der Waals surface area contributed by atoms with E-state index in [1.54, 1.807) is 25.5 Å². The van der Waals surface area contributed by atoms with Crippen LogP contribution in [0.25, 0.3) is 0 Å². The molecule has 0 unspecified atom stereocenters. The maximum atomic E-state index is 12.0. The van der Waals surface area contributed by atoms with E-state index >= 15 is 0 Å². The van der Waals surface area contributed by atoms with Crippen LogP contribution in [0.3, 0.4) is 0 Å². The number of benzene rings is 1. The van der Waals surface area contributed by atoms with Crippen LogP contribution in [0.4, 0.5) is 0 Å². The van der Waals surface area contributed by atoms with Crippen LogP contribution in [-0.4, -0.2) is 19.2 Å².